The van der Waals surface area contributed by atoms with E-state index < -0.39 is 5.41 Å². The molecule has 0 unspecified atom stereocenters. The molecule has 242 valence electrons. The number of nitrogens with zero attached hydrogens (tertiary/aromatic N) is 1. The molecule has 2 heteroatoms. The summed E-state index contributed by atoms with van der Waals surface area (Å²) in [7, 11) is 0. The highest BCUT2D eigenvalue weighted by Crippen LogP contribution is 2.59. The Hall–Kier alpha value is -6.51. The van der Waals surface area contributed by atoms with Gasteiger partial charge in [0.25, 0.3) is 0 Å². The van der Waals surface area contributed by atoms with Crippen molar-refractivity contribution < 1.29 is 4.39 Å². The van der Waals surface area contributed by atoms with Crippen LogP contribution in [0.3, 0.4) is 0 Å². The van der Waals surface area contributed by atoms with Gasteiger partial charge in [0.05, 0.1) is 5.41 Å². The van der Waals surface area contributed by atoms with E-state index in [0.717, 1.165) is 28.2 Å². The number of hydrogen-bond donors (Lipinski definition) is 0. The van der Waals surface area contributed by atoms with Gasteiger partial charge in [-0.1, -0.05) is 158 Å². The van der Waals surface area contributed by atoms with Crippen molar-refractivity contribution in [2.75, 3.05) is 4.90 Å². The van der Waals surface area contributed by atoms with Crippen molar-refractivity contribution in [1.82, 2.24) is 0 Å². The molecule has 0 radical (unpaired) electrons. The molecule has 1 nitrogen and oxygen atoms in total. The second-order valence-corrected chi connectivity index (χ2v) is 13.0. The highest BCUT2D eigenvalue weighted by molar-refractivity contribution is 5.97. The summed E-state index contributed by atoms with van der Waals surface area (Å²) in [5.74, 6) is -0.239. The van der Waals surface area contributed by atoms with Crippen molar-refractivity contribution in [3.05, 3.63) is 234 Å². The standard InChI is InChI=1S/C49H34FN/c50-40-28-24-37(25-29-40)44-22-13-23-46-48(44)45-33-32-43(34-47(45)49(46,38-16-7-2-8-17-38)39-18-9-3-10-19-39)51(41-20-11-4-12-21-41)42-30-26-36(27-31-42)35-14-5-1-6-15-35/h1-34H. The lowest BCUT2D eigenvalue weighted by atomic mass is 9.67. The van der Waals surface area contributed by atoms with Crippen molar-refractivity contribution >= 4 is 17.1 Å². The van der Waals surface area contributed by atoms with Gasteiger partial charge in [0, 0.05) is 17.1 Å². The van der Waals surface area contributed by atoms with Gasteiger partial charge < -0.3 is 4.90 Å². The molecule has 0 heterocycles. The largest absolute Gasteiger partial charge is 0.310 e. The number of rotatable bonds is 7. The third kappa shape index (κ3) is 5.16. The first kappa shape index (κ1) is 30.5. The molecule has 1 aliphatic rings. The Morgan fingerprint density at radius 2 is 0.863 bits per heavy atom. The van der Waals surface area contributed by atoms with Crippen LogP contribution in [0.4, 0.5) is 21.5 Å². The first-order valence-corrected chi connectivity index (χ1v) is 17.4. The second-order valence-electron chi connectivity index (χ2n) is 13.0. The van der Waals surface area contributed by atoms with Gasteiger partial charge in [-0.15, -0.1) is 0 Å². The highest BCUT2D eigenvalue weighted by Gasteiger charge is 2.47. The van der Waals surface area contributed by atoms with E-state index in [1.54, 1.807) is 12.1 Å². The zero-order valence-electron chi connectivity index (χ0n) is 28.0. The number of hydrogen-bond acceptors (Lipinski definition) is 1. The minimum absolute atomic E-state index is 0.239. The first-order valence-electron chi connectivity index (χ1n) is 17.4. The van der Waals surface area contributed by atoms with Crippen molar-refractivity contribution in [1.29, 1.82) is 0 Å². The van der Waals surface area contributed by atoms with Crippen LogP contribution in [0.25, 0.3) is 33.4 Å². The molecule has 0 bridgehead atoms. The van der Waals surface area contributed by atoms with E-state index >= 15 is 0 Å². The fraction of sp³-hybridized carbons (Fsp3) is 0.0204. The molecular formula is C49H34FN. The molecule has 9 rings (SSSR count). The number of para-hydroxylation sites is 1. The maximum atomic E-state index is 14.2. The predicted molar refractivity (Wildman–Crippen MR) is 209 cm³/mol. The summed E-state index contributed by atoms with van der Waals surface area (Å²) in [5, 5.41) is 0. The van der Waals surface area contributed by atoms with Gasteiger partial charge in [-0.2, -0.15) is 0 Å². The summed E-state index contributed by atoms with van der Waals surface area (Å²) >= 11 is 0. The van der Waals surface area contributed by atoms with Gasteiger partial charge in [-0.3, -0.25) is 0 Å². The molecule has 0 amide bonds. The zero-order valence-corrected chi connectivity index (χ0v) is 28.0. The quantitative estimate of drug-likeness (QED) is 0.165. The summed E-state index contributed by atoms with van der Waals surface area (Å²) < 4.78 is 14.2. The summed E-state index contributed by atoms with van der Waals surface area (Å²) in [6.07, 6.45) is 0. The van der Waals surface area contributed by atoms with E-state index in [0.29, 0.717) is 0 Å². The van der Waals surface area contributed by atoms with E-state index in [4.69, 9.17) is 0 Å². The van der Waals surface area contributed by atoms with Crippen LogP contribution < -0.4 is 4.90 Å². The molecule has 8 aromatic rings. The number of halogens is 1. The molecule has 0 aromatic heterocycles. The molecule has 1 aliphatic carbocycles. The summed E-state index contributed by atoms with van der Waals surface area (Å²) in [5.41, 5.74) is 14.3. The Kier molecular flexibility index (Phi) is 7.63. The minimum Gasteiger partial charge on any atom is -0.310 e. The SMILES string of the molecule is Fc1ccc(-c2cccc3c2-c2ccc(N(c4ccccc4)c4ccc(-c5ccccc5)cc4)cc2C3(c2ccccc2)c2ccccc2)cc1. The third-order valence-electron chi connectivity index (χ3n) is 10.2. The lowest BCUT2D eigenvalue weighted by Gasteiger charge is -2.35. The number of anilines is 3. The molecular weight excluding hydrogens is 622 g/mol. The van der Waals surface area contributed by atoms with Gasteiger partial charge in [0.15, 0.2) is 0 Å². The Labute approximate surface area is 298 Å². The average Bonchev–Trinajstić information content (AvgIpc) is 3.51. The Balaban J connectivity index is 1.31. The fourth-order valence-electron chi connectivity index (χ4n) is 7.99. The van der Waals surface area contributed by atoms with E-state index in [1.807, 2.05) is 12.1 Å². The summed E-state index contributed by atoms with van der Waals surface area (Å²) in [4.78, 5) is 2.35. The summed E-state index contributed by atoms with van der Waals surface area (Å²) in [6, 6.07) is 72.0. The lowest BCUT2D eigenvalue weighted by molar-refractivity contribution is 0.628. The van der Waals surface area contributed by atoms with E-state index in [9.17, 15) is 4.39 Å². The van der Waals surface area contributed by atoms with Gasteiger partial charge in [-0.05, 0) is 104 Å². The molecule has 0 N–H and O–H groups in total. The predicted octanol–water partition coefficient (Wildman–Crippen LogP) is 13.0. The maximum Gasteiger partial charge on any atom is 0.123 e. The van der Waals surface area contributed by atoms with Crippen molar-refractivity contribution in [2.24, 2.45) is 0 Å². The Morgan fingerprint density at radius 1 is 0.353 bits per heavy atom. The highest BCUT2D eigenvalue weighted by atomic mass is 19.1. The maximum absolute atomic E-state index is 14.2. The van der Waals surface area contributed by atoms with Crippen molar-refractivity contribution in [2.45, 2.75) is 5.41 Å². The van der Waals surface area contributed by atoms with Crippen LogP contribution in [0.5, 0.6) is 0 Å². The van der Waals surface area contributed by atoms with Gasteiger partial charge in [0.1, 0.15) is 5.82 Å². The van der Waals surface area contributed by atoms with Gasteiger partial charge >= 0.3 is 0 Å². The van der Waals surface area contributed by atoms with Crippen molar-refractivity contribution in [3.8, 4) is 33.4 Å². The number of benzene rings is 8. The monoisotopic (exact) mass is 655 g/mol. The van der Waals surface area contributed by atoms with Gasteiger partial charge in [0.2, 0.25) is 0 Å². The molecule has 51 heavy (non-hydrogen) atoms. The van der Waals surface area contributed by atoms with Crippen LogP contribution in [0.1, 0.15) is 22.3 Å². The summed E-state index contributed by atoms with van der Waals surface area (Å²) in [6.45, 7) is 0. The molecule has 0 aliphatic heterocycles. The Morgan fingerprint density at radius 3 is 1.49 bits per heavy atom. The smallest absolute Gasteiger partial charge is 0.123 e. The van der Waals surface area contributed by atoms with E-state index in [1.165, 1.54) is 44.5 Å². The van der Waals surface area contributed by atoms with Crippen LogP contribution in [0.2, 0.25) is 0 Å². The molecule has 0 saturated heterocycles. The van der Waals surface area contributed by atoms with Gasteiger partial charge in [-0.25, -0.2) is 4.39 Å². The van der Waals surface area contributed by atoms with Crippen molar-refractivity contribution in [3.63, 3.8) is 0 Å². The molecule has 0 fully saturated rings. The van der Waals surface area contributed by atoms with Crippen LogP contribution in [0, 0.1) is 5.82 Å². The second kappa shape index (κ2) is 12.7. The molecule has 0 atom stereocenters. The van der Waals surface area contributed by atoms with Crippen LogP contribution in [0.15, 0.2) is 206 Å². The molecule has 8 aromatic carbocycles. The minimum atomic E-state index is -0.598. The topological polar surface area (TPSA) is 3.24 Å². The van der Waals surface area contributed by atoms with E-state index in [2.05, 4.69) is 187 Å². The number of fused-ring (bicyclic) bond motifs is 3. The average molecular weight is 656 g/mol. The normalized spacial score (nSPS) is 12.6. The third-order valence-corrected chi connectivity index (χ3v) is 10.2. The van der Waals surface area contributed by atoms with Crippen LogP contribution in [-0.2, 0) is 5.41 Å². The molecule has 0 saturated carbocycles. The lowest BCUT2D eigenvalue weighted by Crippen LogP contribution is -2.28. The van der Waals surface area contributed by atoms with Crippen LogP contribution >= 0.6 is 0 Å². The van der Waals surface area contributed by atoms with Crippen LogP contribution in [-0.4, -0.2) is 0 Å². The Bertz CT molecular complexity index is 2400. The zero-order chi connectivity index (χ0) is 34.2. The first-order chi connectivity index (χ1) is 25.2. The van der Waals surface area contributed by atoms with E-state index in [-0.39, 0.29) is 5.82 Å². The fourth-order valence-corrected chi connectivity index (χ4v) is 7.99. The molecule has 0 spiro atoms.